The highest BCUT2D eigenvalue weighted by Crippen LogP contribution is 2.16. The van der Waals surface area contributed by atoms with Gasteiger partial charge in [-0.25, -0.2) is 9.97 Å². The molecule has 1 aliphatic rings. The Morgan fingerprint density at radius 3 is 2.46 bits per heavy atom. The first kappa shape index (κ1) is 16.9. The number of aromatic nitrogens is 4. The molecule has 0 aliphatic carbocycles. The maximum Gasteiger partial charge on any atom is 0.132 e. The Hall–Kier alpha value is -1.95. The molecule has 130 valence electrons. The number of hydrogen-bond donors (Lipinski definition) is 0. The number of aryl methyl sites for hydroxylation is 3. The van der Waals surface area contributed by atoms with Crippen molar-refractivity contribution in [2.45, 2.75) is 46.7 Å². The van der Waals surface area contributed by atoms with E-state index in [1.54, 1.807) is 6.33 Å². The monoisotopic (exact) mass is 328 g/mol. The van der Waals surface area contributed by atoms with Crippen molar-refractivity contribution in [3.05, 3.63) is 35.5 Å². The van der Waals surface area contributed by atoms with Crippen LogP contribution in [0.1, 0.15) is 30.9 Å². The maximum atomic E-state index is 4.59. The Bertz CT molecular complexity index is 672. The molecule has 0 bridgehead atoms. The number of anilines is 1. The van der Waals surface area contributed by atoms with E-state index in [2.05, 4.69) is 69.4 Å². The van der Waals surface area contributed by atoms with Crippen LogP contribution in [0, 0.1) is 13.8 Å². The molecule has 2 aromatic heterocycles. The second-order valence-corrected chi connectivity index (χ2v) is 6.70. The second-order valence-electron chi connectivity index (χ2n) is 6.70. The zero-order chi connectivity index (χ0) is 17.1. The van der Waals surface area contributed by atoms with Crippen molar-refractivity contribution in [2.75, 3.05) is 31.1 Å². The summed E-state index contributed by atoms with van der Waals surface area (Å²) < 4.78 is 2.13. The third-order valence-corrected chi connectivity index (χ3v) is 4.87. The van der Waals surface area contributed by atoms with Gasteiger partial charge in [0.2, 0.25) is 0 Å². The predicted molar refractivity (Wildman–Crippen MR) is 96.4 cm³/mol. The van der Waals surface area contributed by atoms with Gasteiger partial charge in [0.25, 0.3) is 0 Å². The minimum atomic E-state index is 0.488. The highest BCUT2D eigenvalue weighted by atomic mass is 15.3. The van der Waals surface area contributed by atoms with Crippen molar-refractivity contribution < 1.29 is 0 Å². The van der Waals surface area contributed by atoms with Crippen LogP contribution in [-0.4, -0.2) is 56.9 Å². The van der Waals surface area contributed by atoms with Crippen molar-refractivity contribution >= 4 is 5.82 Å². The van der Waals surface area contributed by atoms with Gasteiger partial charge in [0, 0.05) is 49.7 Å². The van der Waals surface area contributed by atoms with E-state index >= 15 is 0 Å². The van der Waals surface area contributed by atoms with Gasteiger partial charge < -0.3 is 4.90 Å². The van der Waals surface area contributed by atoms with Gasteiger partial charge in [-0.1, -0.05) is 6.92 Å². The van der Waals surface area contributed by atoms with Crippen LogP contribution in [0.4, 0.5) is 5.82 Å². The van der Waals surface area contributed by atoms with E-state index in [1.807, 2.05) is 0 Å². The van der Waals surface area contributed by atoms with Crippen LogP contribution in [0.25, 0.3) is 0 Å². The lowest BCUT2D eigenvalue weighted by Crippen LogP contribution is -2.51. The summed E-state index contributed by atoms with van der Waals surface area (Å²) in [4.78, 5) is 13.7. The summed E-state index contributed by atoms with van der Waals surface area (Å²) in [5.74, 6) is 1.06. The normalized spacial score (nSPS) is 17.2. The molecule has 1 fully saturated rings. The number of piperazine rings is 1. The highest BCUT2D eigenvalue weighted by molar-refractivity contribution is 5.39. The van der Waals surface area contributed by atoms with Gasteiger partial charge in [0.1, 0.15) is 12.1 Å². The van der Waals surface area contributed by atoms with E-state index in [1.165, 1.54) is 5.69 Å². The van der Waals surface area contributed by atoms with Gasteiger partial charge in [-0.2, -0.15) is 5.10 Å². The lowest BCUT2D eigenvalue weighted by Gasteiger charge is -2.38. The third kappa shape index (κ3) is 3.75. The summed E-state index contributed by atoms with van der Waals surface area (Å²) in [6.07, 6.45) is 2.64. The van der Waals surface area contributed by atoms with Crippen LogP contribution in [0.15, 0.2) is 18.5 Å². The van der Waals surface area contributed by atoms with Gasteiger partial charge in [0.15, 0.2) is 0 Å². The zero-order valence-corrected chi connectivity index (χ0v) is 15.2. The van der Waals surface area contributed by atoms with Crippen molar-refractivity contribution in [1.29, 1.82) is 0 Å². The zero-order valence-electron chi connectivity index (χ0n) is 15.2. The average molecular weight is 328 g/mol. The first-order chi connectivity index (χ1) is 11.6. The molecular formula is C18H28N6. The minimum absolute atomic E-state index is 0.488. The van der Waals surface area contributed by atoms with Crippen LogP contribution in [0.3, 0.4) is 0 Å². The Labute approximate surface area is 144 Å². The fourth-order valence-corrected chi connectivity index (χ4v) is 3.37. The van der Waals surface area contributed by atoms with Gasteiger partial charge in [-0.3, -0.25) is 9.58 Å². The van der Waals surface area contributed by atoms with Gasteiger partial charge in [0.05, 0.1) is 12.2 Å². The molecule has 24 heavy (non-hydrogen) atoms. The molecule has 0 unspecified atom stereocenters. The quantitative estimate of drug-likeness (QED) is 0.841. The molecule has 0 N–H and O–H groups in total. The predicted octanol–water partition coefficient (Wildman–Crippen LogP) is 2.06. The summed E-state index contributed by atoms with van der Waals surface area (Å²) in [7, 11) is 0. The molecule has 6 heteroatoms. The van der Waals surface area contributed by atoms with Crippen molar-refractivity contribution in [2.24, 2.45) is 0 Å². The molecule has 3 heterocycles. The number of rotatable bonds is 5. The SMILES string of the molecule is CCc1cc(N2CCN([C@H](C)Cn3nc(C)cc3C)CC2)ncn1. The molecule has 0 spiro atoms. The van der Waals surface area contributed by atoms with E-state index < -0.39 is 0 Å². The van der Waals surface area contributed by atoms with E-state index in [-0.39, 0.29) is 0 Å². The van der Waals surface area contributed by atoms with Crippen LogP contribution in [0.5, 0.6) is 0 Å². The second kappa shape index (κ2) is 7.30. The maximum absolute atomic E-state index is 4.59. The largest absolute Gasteiger partial charge is 0.354 e. The van der Waals surface area contributed by atoms with Gasteiger partial charge in [-0.15, -0.1) is 0 Å². The van der Waals surface area contributed by atoms with Crippen LogP contribution >= 0.6 is 0 Å². The molecule has 0 amide bonds. The molecule has 0 aromatic carbocycles. The molecular weight excluding hydrogens is 300 g/mol. The summed E-state index contributed by atoms with van der Waals surface area (Å²) in [5.41, 5.74) is 3.45. The smallest absolute Gasteiger partial charge is 0.132 e. The van der Waals surface area contributed by atoms with E-state index in [9.17, 15) is 0 Å². The highest BCUT2D eigenvalue weighted by Gasteiger charge is 2.22. The summed E-state index contributed by atoms with van der Waals surface area (Å²) >= 11 is 0. The van der Waals surface area contributed by atoms with Crippen LogP contribution < -0.4 is 4.90 Å². The topological polar surface area (TPSA) is 50.1 Å². The molecule has 1 atom stereocenters. The minimum Gasteiger partial charge on any atom is -0.354 e. The van der Waals surface area contributed by atoms with Crippen LogP contribution in [-0.2, 0) is 13.0 Å². The first-order valence-corrected chi connectivity index (χ1v) is 8.87. The summed E-state index contributed by atoms with van der Waals surface area (Å²) in [6, 6.07) is 4.75. The molecule has 0 saturated carbocycles. The van der Waals surface area contributed by atoms with Gasteiger partial charge >= 0.3 is 0 Å². The number of nitrogens with zero attached hydrogens (tertiary/aromatic N) is 6. The molecule has 1 aliphatic heterocycles. The summed E-state index contributed by atoms with van der Waals surface area (Å²) in [6.45, 7) is 13.7. The van der Waals surface area contributed by atoms with Gasteiger partial charge in [-0.05, 0) is 33.3 Å². The number of hydrogen-bond acceptors (Lipinski definition) is 5. The van der Waals surface area contributed by atoms with Crippen molar-refractivity contribution in [3.63, 3.8) is 0 Å². The average Bonchev–Trinajstić information content (AvgIpc) is 2.92. The Kier molecular flexibility index (Phi) is 5.14. The molecule has 3 rings (SSSR count). The Morgan fingerprint density at radius 2 is 1.83 bits per heavy atom. The van der Waals surface area contributed by atoms with Crippen molar-refractivity contribution in [1.82, 2.24) is 24.6 Å². The molecule has 0 radical (unpaired) electrons. The molecule has 1 saturated heterocycles. The van der Waals surface area contributed by atoms with E-state index in [0.717, 1.165) is 56.4 Å². The Balaban J connectivity index is 1.57. The lowest BCUT2D eigenvalue weighted by molar-refractivity contribution is 0.176. The van der Waals surface area contributed by atoms with Crippen molar-refractivity contribution in [3.8, 4) is 0 Å². The summed E-state index contributed by atoms with van der Waals surface area (Å²) in [5, 5.41) is 4.59. The fraction of sp³-hybridized carbons (Fsp3) is 0.611. The van der Waals surface area contributed by atoms with Crippen LogP contribution in [0.2, 0.25) is 0 Å². The lowest BCUT2D eigenvalue weighted by atomic mass is 10.2. The first-order valence-electron chi connectivity index (χ1n) is 8.87. The Morgan fingerprint density at radius 1 is 1.08 bits per heavy atom. The van der Waals surface area contributed by atoms with E-state index in [0.29, 0.717) is 6.04 Å². The third-order valence-electron chi connectivity index (χ3n) is 4.87. The molecule has 2 aromatic rings. The standard InChI is InChI=1S/C18H28N6/c1-5-17-11-18(20-13-19-17)23-8-6-22(7-9-23)16(4)12-24-15(3)10-14(2)21-24/h10-11,13,16H,5-9,12H2,1-4H3/t16-/m1/s1. The van der Waals surface area contributed by atoms with E-state index in [4.69, 9.17) is 0 Å². The fourth-order valence-electron chi connectivity index (χ4n) is 3.37. The molecule has 6 nitrogen and oxygen atoms in total.